The number of benzene rings is 1. The molecule has 1 N–H and O–H groups in total. The Hall–Kier alpha value is -1.97. The molecule has 0 fully saturated rings. The zero-order chi connectivity index (χ0) is 12.1. The number of ether oxygens (including phenoxy) is 2. The largest absolute Gasteiger partial charge is 0.458 e. The van der Waals surface area contributed by atoms with Gasteiger partial charge in [-0.15, -0.1) is 0 Å². The van der Waals surface area contributed by atoms with Gasteiger partial charge in [0.05, 0.1) is 0 Å². The lowest BCUT2D eigenvalue weighted by Gasteiger charge is -2.15. The van der Waals surface area contributed by atoms with Gasteiger partial charge in [0.2, 0.25) is 5.91 Å². The van der Waals surface area contributed by atoms with Crippen molar-refractivity contribution in [2.75, 3.05) is 6.54 Å². The Balaban J connectivity index is 1.95. The molecule has 0 aliphatic carbocycles. The number of fused-ring (bicyclic) bond motifs is 1. The van der Waals surface area contributed by atoms with Crippen LogP contribution in [0.4, 0.5) is 0 Å². The van der Waals surface area contributed by atoms with Gasteiger partial charge >= 0.3 is 0 Å². The molecule has 0 atom stereocenters. The smallest absolute Gasteiger partial charge is 0.216 e. The lowest BCUT2D eigenvalue weighted by atomic mass is 10.1. The number of amides is 1. The van der Waals surface area contributed by atoms with Crippen molar-refractivity contribution in [3.63, 3.8) is 0 Å². The van der Waals surface area contributed by atoms with E-state index in [4.69, 9.17) is 9.47 Å². The first-order chi connectivity index (χ1) is 8.27. The number of nitrogens with one attached hydrogen (secondary N) is 1. The molecule has 1 aromatic carbocycles. The topological polar surface area (TPSA) is 47.6 Å². The molecule has 0 spiro atoms. The predicted octanol–water partition coefficient (Wildman–Crippen LogP) is 2.00. The van der Waals surface area contributed by atoms with E-state index in [0.29, 0.717) is 6.54 Å². The molecule has 1 aliphatic rings. The van der Waals surface area contributed by atoms with Crippen molar-refractivity contribution >= 4 is 5.91 Å². The number of para-hydroxylation sites is 1. The molecular weight excluding hydrogens is 218 g/mol. The zero-order valence-corrected chi connectivity index (χ0v) is 9.73. The minimum Gasteiger partial charge on any atom is -0.458 e. The Morgan fingerprint density at radius 2 is 2.12 bits per heavy atom. The summed E-state index contributed by atoms with van der Waals surface area (Å²) >= 11 is 0. The van der Waals surface area contributed by atoms with Crippen LogP contribution in [0.2, 0.25) is 0 Å². The third-order valence-electron chi connectivity index (χ3n) is 2.49. The van der Waals surface area contributed by atoms with Gasteiger partial charge in [-0.2, -0.15) is 0 Å². The van der Waals surface area contributed by atoms with Gasteiger partial charge in [-0.1, -0.05) is 12.1 Å². The highest BCUT2D eigenvalue weighted by Crippen LogP contribution is 2.34. The highest BCUT2D eigenvalue weighted by atomic mass is 16.5. The standard InChI is InChI=1S/C13H15NO3/c1-10(15)14-7-3-5-11-4-2-6-12-13(11)17-9-8-16-12/h2,4,6,8-9H,3,5,7H2,1H3,(H,14,15). The molecule has 2 rings (SSSR count). The summed E-state index contributed by atoms with van der Waals surface area (Å²) in [5, 5.41) is 2.77. The van der Waals surface area contributed by atoms with Crippen molar-refractivity contribution in [2.45, 2.75) is 19.8 Å². The van der Waals surface area contributed by atoms with Gasteiger partial charge in [0.15, 0.2) is 11.5 Å². The predicted molar refractivity (Wildman–Crippen MR) is 63.8 cm³/mol. The van der Waals surface area contributed by atoms with Gasteiger partial charge in [-0.3, -0.25) is 4.79 Å². The van der Waals surface area contributed by atoms with E-state index in [9.17, 15) is 4.79 Å². The summed E-state index contributed by atoms with van der Waals surface area (Å²) in [6, 6.07) is 5.82. The van der Waals surface area contributed by atoms with Gasteiger partial charge < -0.3 is 14.8 Å². The van der Waals surface area contributed by atoms with E-state index < -0.39 is 0 Å². The number of rotatable bonds is 4. The van der Waals surface area contributed by atoms with Crippen molar-refractivity contribution < 1.29 is 14.3 Å². The molecule has 17 heavy (non-hydrogen) atoms. The van der Waals surface area contributed by atoms with Crippen LogP contribution in [0, 0.1) is 0 Å². The summed E-state index contributed by atoms with van der Waals surface area (Å²) in [6.45, 7) is 2.20. The third kappa shape index (κ3) is 3.00. The minimum absolute atomic E-state index is 0.00241. The van der Waals surface area contributed by atoms with Gasteiger partial charge in [-0.05, 0) is 24.5 Å². The molecule has 90 valence electrons. The second kappa shape index (κ2) is 5.39. The van der Waals surface area contributed by atoms with E-state index in [1.165, 1.54) is 19.4 Å². The molecule has 0 radical (unpaired) electrons. The number of hydrogen-bond acceptors (Lipinski definition) is 3. The summed E-state index contributed by atoms with van der Waals surface area (Å²) in [7, 11) is 0. The van der Waals surface area contributed by atoms with Crippen LogP contribution in [0.3, 0.4) is 0 Å². The fourth-order valence-corrected chi connectivity index (χ4v) is 1.72. The monoisotopic (exact) mass is 233 g/mol. The molecule has 1 amide bonds. The molecule has 4 heteroatoms. The lowest BCUT2D eigenvalue weighted by Crippen LogP contribution is -2.21. The SMILES string of the molecule is CC(=O)NCCCc1cccc2c1OC=CO2. The molecule has 0 unspecified atom stereocenters. The molecule has 1 aliphatic heterocycles. The summed E-state index contributed by atoms with van der Waals surface area (Å²) in [5.74, 6) is 1.52. The molecular formula is C13H15NO3. The fourth-order valence-electron chi connectivity index (χ4n) is 1.72. The first-order valence-electron chi connectivity index (χ1n) is 5.62. The highest BCUT2D eigenvalue weighted by Gasteiger charge is 2.12. The number of carbonyl (C=O) groups excluding carboxylic acids is 1. The Bertz CT molecular complexity index is 440. The maximum absolute atomic E-state index is 10.7. The molecule has 0 saturated carbocycles. The average molecular weight is 233 g/mol. The highest BCUT2D eigenvalue weighted by molar-refractivity contribution is 5.72. The van der Waals surface area contributed by atoms with Crippen LogP contribution in [0.25, 0.3) is 0 Å². The molecule has 0 saturated heterocycles. The molecule has 4 nitrogen and oxygen atoms in total. The summed E-state index contributed by atoms with van der Waals surface area (Å²) in [5.41, 5.74) is 1.09. The summed E-state index contributed by atoms with van der Waals surface area (Å²) < 4.78 is 10.8. The summed E-state index contributed by atoms with van der Waals surface area (Å²) in [4.78, 5) is 10.7. The van der Waals surface area contributed by atoms with E-state index in [0.717, 1.165) is 29.9 Å². The van der Waals surface area contributed by atoms with Gasteiger partial charge in [-0.25, -0.2) is 0 Å². The van der Waals surface area contributed by atoms with Crippen LogP contribution in [0.1, 0.15) is 18.9 Å². The number of carbonyl (C=O) groups is 1. The minimum atomic E-state index is 0.00241. The molecule has 1 heterocycles. The number of hydrogen-bond donors (Lipinski definition) is 1. The van der Waals surface area contributed by atoms with Crippen molar-refractivity contribution in [1.29, 1.82) is 0 Å². The lowest BCUT2D eigenvalue weighted by molar-refractivity contribution is -0.118. The maximum Gasteiger partial charge on any atom is 0.216 e. The van der Waals surface area contributed by atoms with Gasteiger partial charge in [0.1, 0.15) is 12.5 Å². The second-order valence-electron chi connectivity index (χ2n) is 3.84. The Morgan fingerprint density at radius 1 is 1.29 bits per heavy atom. The van der Waals surface area contributed by atoms with E-state index in [1.54, 1.807) is 0 Å². The number of aryl methyl sites for hydroxylation is 1. The Labute approximate surface area is 100 Å². The van der Waals surface area contributed by atoms with Gasteiger partial charge in [0, 0.05) is 13.5 Å². The van der Waals surface area contributed by atoms with Crippen LogP contribution in [-0.4, -0.2) is 12.5 Å². The van der Waals surface area contributed by atoms with Crippen molar-refractivity contribution in [3.8, 4) is 11.5 Å². The maximum atomic E-state index is 10.7. The van der Waals surface area contributed by atoms with Crippen molar-refractivity contribution in [1.82, 2.24) is 5.32 Å². The quantitative estimate of drug-likeness (QED) is 0.809. The van der Waals surface area contributed by atoms with Crippen LogP contribution >= 0.6 is 0 Å². The average Bonchev–Trinajstić information content (AvgIpc) is 2.34. The normalized spacial score (nSPS) is 12.3. The molecule has 1 aromatic rings. The first kappa shape index (κ1) is 11.5. The van der Waals surface area contributed by atoms with Crippen molar-refractivity contribution in [2.24, 2.45) is 0 Å². The zero-order valence-electron chi connectivity index (χ0n) is 9.73. The van der Waals surface area contributed by atoms with Crippen LogP contribution < -0.4 is 14.8 Å². The fraction of sp³-hybridized carbons (Fsp3) is 0.308. The Morgan fingerprint density at radius 3 is 2.94 bits per heavy atom. The molecule has 0 bridgehead atoms. The van der Waals surface area contributed by atoms with E-state index in [1.807, 2.05) is 18.2 Å². The van der Waals surface area contributed by atoms with Crippen LogP contribution in [0.5, 0.6) is 11.5 Å². The first-order valence-corrected chi connectivity index (χ1v) is 5.62. The van der Waals surface area contributed by atoms with E-state index in [-0.39, 0.29) is 5.91 Å². The summed E-state index contributed by atoms with van der Waals surface area (Å²) in [6.07, 6.45) is 4.77. The van der Waals surface area contributed by atoms with Crippen LogP contribution in [0.15, 0.2) is 30.7 Å². The van der Waals surface area contributed by atoms with Crippen molar-refractivity contribution in [3.05, 3.63) is 36.3 Å². The molecule has 0 aromatic heterocycles. The second-order valence-corrected chi connectivity index (χ2v) is 3.84. The third-order valence-corrected chi connectivity index (χ3v) is 2.49. The van der Waals surface area contributed by atoms with Crippen LogP contribution in [-0.2, 0) is 11.2 Å². The van der Waals surface area contributed by atoms with Gasteiger partial charge in [0.25, 0.3) is 0 Å². The van der Waals surface area contributed by atoms with E-state index in [2.05, 4.69) is 5.32 Å². The Kier molecular flexibility index (Phi) is 3.65. The van der Waals surface area contributed by atoms with E-state index >= 15 is 0 Å².